The maximum absolute atomic E-state index is 5.76. The van der Waals surface area contributed by atoms with Crippen LogP contribution in [0.5, 0.6) is 5.75 Å². The molecule has 1 aliphatic heterocycles. The molecule has 1 atom stereocenters. The number of hydrogen-bond acceptors (Lipinski definition) is 4. The first-order valence-electron chi connectivity index (χ1n) is 10.6. The molecule has 1 aromatic carbocycles. The van der Waals surface area contributed by atoms with E-state index >= 15 is 0 Å². The smallest absolute Gasteiger partial charge is 0.195 e. The average Bonchev–Trinajstić information content (AvgIpc) is 2.70. The predicted octanol–water partition coefficient (Wildman–Crippen LogP) is 3.60. The highest BCUT2D eigenvalue weighted by molar-refractivity contribution is 5.93. The van der Waals surface area contributed by atoms with E-state index in [2.05, 4.69) is 27.4 Å². The third-order valence-corrected chi connectivity index (χ3v) is 5.02. The van der Waals surface area contributed by atoms with Crippen LogP contribution in [0.25, 0.3) is 0 Å². The first-order valence-corrected chi connectivity index (χ1v) is 10.6. The Bertz CT molecular complexity index is 579. The normalized spacial score (nSPS) is 18.1. The Morgan fingerprint density at radius 2 is 2.14 bits per heavy atom. The highest BCUT2D eigenvalue weighted by atomic mass is 16.5. The van der Waals surface area contributed by atoms with Crippen molar-refractivity contribution in [3.63, 3.8) is 0 Å². The number of ether oxygens (including phenoxy) is 2. The summed E-state index contributed by atoms with van der Waals surface area (Å²) >= 11 is 0. The van der Waals surface area contributed by atoms with Crippen LogP contribution >= 0.6 is 0 Å². The maximum Gasteiger partial charge on any atom is 0.195 e. The molecular weight excluding hydrogens is 352 g/mol. The second-order valence-corrected chi connectivity index (χ2v) is 7.60. The van der Waals surface area contributed by atoms with Crippen molar-refractivity contribution in [3.8, 4) is 5.75 Å². The lowest BCUT2D eigenvalue weighted by molar-refractivity contribution is 0.172. The van der Waals surface area contributed by atoms with Crippen molar-refractivity contribution in [3.05, 3.63) is 24.3 Å². The lowest BCUT2D eigenvalue weighted by atomic mass is 10.0. The number of hydrogen-bond donors (Lipinski definition) is 2. The monoisotopic (exact) mass is 390 g/mol. The largest absolute Gasteiger partial charge is 0.493 e. The van der Waals surface area contributed by atoms with Crippen molar-refractivity contribution < 1.29 is 9.47 Å². The number of benzene rings is 1. The van der Waals surface area contributed by atoms with Gasteiger partial charge in [0.1, 0.15) is 5.75 Å². The van der Waals surface area contributed by atoms with Crippen LogP contribution in [0.2, 0.25) is 0 Å². The fourth-order valence-corrected chi connectivity index (χ4v) is 3.53. The number of unbranched alkanes of at least 4 members (excludes halogenated alkanes) is 1. The predicted molar refractivity (Wildman–Crippen MR) is 117 cm³/mol. The second kappa shape index (κ2) is 13.4. The molecule has 0 aliphatic carbocycles. The minimum absolute atomic E-state index is 0.653. The number of nitrogens with zero attached hydrogens (tertiary/aromatic N) is 2. The molecule has 1 aliphatic rings. The lowest BCUT2D eigenvalue weighted by Crippen LogP contribution is -2.35. The summed E-state index contributed by atoms with van der Waals surface area (Å²) in [5.74, 6) is 2.50. The summed E-state index contributed by atoms with van der Waals surface area (Å²) in [6.45, 7) is 8.40. The number of aliphatic imine (C=N–C) groups is 1. The van der Waals surface area contributed by atoms with Crippen LogP contribution in [0.4, 0.5) is 5.69 Å². The molecule has 6 nitrogen and oxygen atoms in total. The van der Waals surface area contributed by atoms with Gasteiger partial charge in [0.25, 0.3) is 0 Å². The Balaban J connectivity index is 1.65. The number of nitrogens with one attached hydrogen (secondary N) is 2. The molecule has 158 valence electrons. The number of guanidine groups is 1. The van der Waals surface area contributed by atoms with E-state index in [-0.39, 0.29) is 0 Å². The standard InChI is InChI=1S/C22H38N4O2/c1-19-9-7-14-26(18-19)13-5-4-12-24-22(23-2)25-20-10-6-11-21(17-20)28-16-8-15-27-3/h6,10-11,17,19H,4-5,7-9,12-16,18H2,1-3H3,(H2,23,24,25). The molecule has 0 saturated carbocycles. The zero-order valence-electron chi connectivity index (χ0n) is 17.9. The van der Waals surface area contributed by atoms with Crippen LogP contribution in [0.3, 0.4) is 0 Å². The molecule has 0 spiro atoms. The van der Waals surface area contributed by atoms with E-state index < -0.39 is 0 Å². The van der Waals surface area contributed by atoms with Crippen molar-refractivity contribution in [1.82, 2.24) is 10.2 Å². The molecule has 2 N–H and O–H groups in total. The van der Waals surface area contributed by atoms with E-state index in [4.69, 9.17) is 9.47 Å². The van der Waals surface area contributed by atoms with Crippen LogP contribution in [0.15, 0.2) is 29.3 Å². The molecule has 28 heavy (non-hydrogen) atoms. The van der Waals surface area contributed by atoms with Crippen molar-refractivity contribution in [2.24, 2.45) is 10.9 Å². The number of anilines is 1. The fourth-order valence-electron chi connectivity index (χ4n) is 3.53. The summed E-state index contributed by atoms with van der Waals surface area (Å²) < 4.78 is 10.8. The third kappa shape index (κ3) is 8.93. The van der Waals surface area contributed by atoms with Gasteiger partial charge in [-0.1, -0.05) is 13.0 Å². The fraction of sp³-hybridized carbons (Fsp3) is 0.682. The summed E-state index contributed by atoms with van der Waals surface area (Å²) in [6, 6.07) is 7.97. The van der Waals surface area contributed by atoms with Gasteiger partial charge in [0, 0.05) is 52.0 Å². The molecule has 1 heterocycles. The van der Waals surface area contributed by atoms with Gasteiger partial charge in [0.15, 0.2) is 5.96 Å². The van der Waals surface area contributed by atoms with Crippen LogP contribution < -0.4 is 15.4 Å². The summed E-state index contributed by atoms with van der Waals surface area (Å²) in [7, 11) is 3.51. The van der Waals surface area contributed by atoms with E-state index in [1.54, 1.807) is 14.2 Å². The molecule has 1 fully saturated rings. The third-order valence-electron chi connectivity index (χ3n) is 5.02. The van der Waals surface area contributed by atoms with Crippen molar-refractivity contribution in [2.45, 2.75) is 39.0 Å². The summed E-state index contributed by atoms with van der Waals surface area (Å²) in [5.41, 5.74) is 0.972. The zero-order valence-corrected chi connectivity index (χ0v) is 17.9. The molecular formula is C22H38N4O2. The van der Waals surface area contributed by atoms with Gasteiger partial charge < -0.3 is 25.0 Å². The number of likely N-dealkylation sites (tertiary alicyclic amines) is 1. The molecule has 1 unspecified atom stereocenters. The topological polar surface area (TPSA) is 58.1 Å². The SMILES string of the molecule is CN=C(NCCCCN1CCCC(C)C1)Nc1cccc(OCCCOC)c1. The molecule has 1 aromatic rings. The van der Waals surface area contributed by atoms with Crippen molar-refractivity contribution >= 4 is 11.6 Å². The Morgan fingerprint density at radius 3 is 2.93 bits per heavy atom. The van der Waals surface area contributed by atoms with E-state index in [0.29, 0.717) is 13.2 Å². The quantitative estimate of drug-likeness (QED) is 0.343. The highest BCUT2D eigenvalue weighted by Gasteiger charge is 2.15. The van der Waals surface area contributed by atoms with Crippen LogP contribution in [0.1, 0.15) is 39.0 Å². The van der Waals surface area contributed by atoms with Gasteiger partial charge in [-0.05, 0) is 56.8 Å². The Morgan fingerprint density at radius 1 is 1.25 bits per heavy atom. The summed E-state index contributed by atoms with van der Waals surface area (Å²) in [5, 5.41) is 6.75. The van der Waals surface area contributed by atoms with E-state index in [1.807, 2.05) is 24.3 Å². The first kappa shape index (κ1) is 22.5. The molecule has 0 amide bonds. The van der Waals surface area contributed by atoms with Gasteiger partial charge in [0.05, 0.1) is 6.61 Å². The van der Waals surface area contributed by atoms with Crippen LogP contribution in [0, 0.1) is 5.92 Å². The molecule has 0 bridgehead atoms. The van der Waals surface area contributed by atoms with Gasteiger partial charge in [-0.25, -0.2) is 0 Å². The summed E-state index contributed by atoms with van der Waals surface area (Å²) in [4.78, 5) is 6.93. The average molecular weight is 391 g/mol. The first-order chi connectivity index (χ1) is 13.7. The van der Waals surface area contributed by atoms with Gasteiger partial charge in [-0.3, -0.25) is 4.99 Å². The zero-order chi connectivity index (χ0) is 20.0. The van der Waals surface area contributed by atoms with Gasteiger partial charge in [-0.2, -0.15) is 0 Å². The van der Waals surface area contributed by atoms with Crippen molar-refractivity contribution in [2.75, 3.05) is 58.9 Å². The molecule has 0 radical (unpaired) electrons. The number of rotatable bonds is 11. The minimum Gasteiger partial charge on any atom is -0.493 e. The van der Waals surface area contributed by atoms with Gasteiger partial charge >= 0.3 is 0 Å². The Hall–Kier alpha value is -1.79. The highest BCUT2D eigenvalue weighted by Crippen LogP contribution is 2.18. The van der Waals surface area contributed by atoms with Crippen LogP contribution in [-0.4, -0.2) is 64.4 Å². The van der Waals surface area contributed by atoms with Gasteiger partial charge in [-0.15, -0.1) is 0 Å². The Kier molecular flexibility index (Phi) is 10.8. The lowest BCUT2D eigenvalue weighted by Gasteiger charge is -2.30. The maximum atomic E-state index is 5.76. The number of methoxy groups -OCH3 is 1. The second-order valence-electron chi connectivity index (χ2n) is 7.60. The van der Waals surface area contributed by atoms with E-state index in [9.17, 15) is 0 Å². The summed E-state index contributed by atoms with van der Waals surface area (Å²) in [6.07, 6.45) is 5.99. The van der Waals surface area contributed by atoms with E-state index in [1.165, 1.54) is 38.9 Å². The Labute approximate surface area is 170 Å². The van der Waals surface area contributed by atoms with Crippen LogP contribution in [-0.2, 0) is 4.74 Å². The number of piperidine rings is 1. The molecule has 2 rings (SSSR count). The van der Waals surface area contributed by atoms with Gasteiger partial charge in [0.2, 0.25) is 0 Å². The van der Waals surface area contributed by atoms with Crippen molar-refractivity contribution in [1.29, 1.82) is 0 Å². The minimum atomic E-state index is 0.653. The van der Waals surface area contributed by atoms with E-state index in [0.717, 1.165) is 42.7 Å². The molecule has 0 aromatic heterocycles. The molecule has 1 saturated heterocycles. The molecule has 6 heteroatoms.